The molecule has 0 aromatic carbocycles. The first-order valence-corrected chi connectivity index (χ1v) is 8.01. The summed E-state index contributed by atoms with van der Waals surface area (Å²) in [6, 6.07) is 0. The predicted octanol–water partition coefficient (Wildman–Crippen LogP) is 3.27. The highest BCUT2D eigenvalue weighted by Gasteiger charge is 2.37. The highest BCUT2D eigenvalue weighted by Crippen LogP contribution is 2.37. The third-order valence-corrected chi connectivity index (χ3v) is 5.39. The Labute approximate surface area is 120 Å². The fourth-order valence-corrected chi connectivity index (χ4v) is 4.22. The minimum atomic E-state index is -0.146. The van der Waals surface area contributed by atoms with Gasteiger partial charge in [0.25, 0.3) is 0 Å². The van der Waals surface area contributed by atoms with E-state index >= 15 is 0 Å². The van der Waals surface area contributed by atoms with Gasteiger partial charge in [0.2, 0.25) is 0 Å². The van der Waals surface area contributed by atoms with Crippen molar-refractivity contribution < 1.29 is 4.74 Å². The molecule has 108 valence electrons. The van der Waals surface area contributed by atoms with Crippen molar-refractivity contribution in [3.05, 3.63) is 15.6 Å². The van der Waals surface area contributed by atoms with E-state index in [0.717, 1.165) is 19.4 Å². The first-order chi connectivity index (χ1) is 8.90. The van der Waals surface area contributed by atoms with Crippen LogP contribution in [0, 0.1) is 0 Å². The molecule has 0 spiro atoms. The summed E-state index contributed by atoms with van der Waals surface area (Å²) < 4.78 is 5.62. The molecule has 0 bridgehead atoms. The van der Waals surface area contributed by atoms with Crippen molar-refractivity contribution in [1.29, 1.82) is 0 Å². The molecule has 2 rings (SSSR count). The summed E-state index contributed by atoms with van der Waals surface area (Å²) in [7, 11) is 1.79. The van der Waals surface area contributed by atoms with E-state index in [-0.39, 0.29) is 11.1 Å². The van der Waals surface area contributed by atoms with Crippen LogP contribution in [0.25, 0.3) is 0 Å². The van der Waals surface area contributed by atoms with Crippen LogP contribution in [-0.4, -0.2) is 24.2 Å². The Balaban J connectivity index is 2.27. The first-order valence-electron chi connectivity index (χ1n) is 7.19. The highest BCUT2D eigenvalue weighted by atomic mass is 32.1. The van der Waals surface area contributed by atoms with Crippen molar-refractivity contribution in [1.82, 2.24) is 10.3 Å². The number of aromatic nitrogens is 1. The van der Waals surface area contributed by atoms with Crippen LogP contribution in [0.2, 0.25) is 0 Å². The number of ether oxygens (including phenoxy) is 1. The van der Waals surface area contributed by atoms with E-state index in [1.165, 1.54) is 28.4 Å². The van der Waals surface area contributed by atoms with Gasteiger partial charge < -0.3 is 10.1 Å². The van der Waals surface area contributed by atoms with Crippen molar-refractivity contribution in [3.63, 3.8) is 0 Å². The minimum Gasteiger partial charge on any atom is -0.379 e. The van der Waals surface area contributed by atoms with Crippen LogP contribution in [0.15, 0.2) is 0 Å². The number of hydrogen-bond acceptors (Lipinski definition) is 4. The van der Waals surface area contributed by atoms with Crippen molar-refractivity contribution in [3.8, 4) is 0 Å². The van der Waals surface area contributed by atoms with Gasteiger partial charge in [-0.2, -0.15) is 0 Å². The highest BCUT2D eigenvalue weighted by molar-refractivity contribution is 7.12. The van der Waals surface area contributed by atoms with E-state index in [2.05, 4.69) is 33.0 Å². The molecule has 4 heteroatoms. The molecule has 1 atom stereocenters. The number of nitrogens with zero attached hydrogens (tertiary/aromatic N) is 1. The topological polar surface area (TPSA) is 34.1 Å². The molecule has 1 unspecified atom stereocenters. The van der Waals surface area contributed by atoms with Gasteiger partial charge in [0.1, 0.15) is 5.01 Å². The summed E-state index contributed by atoms with van der Waals surface area (Å²) in [5, 5.41) is 4.85. The van der Waals surface area contributed by atoms with Crippen LogP contribution in [0.4, 0.5) is 0 Å². The Bertz CT molecular complexity index is 420. The van der Waals surface area contributed by atoms with Crippen LogP contribution < -0.4 is 5.32 Å². The summed E-state index contributed by atoms with van der Waals surface area (Å²) in [6.45, 7) is 9.64. The van der Waals surface area contributed by atoms with E-state index in [4.69, 9.17) is 9.72 Å². The average molecular weight is 282 g/mol. The lowest BCUT2D eigenvalue weighted by molar-refractivity contribution is -0.00704. The summed E-state index contributed by atoms with van der Waals surface area (Å²) in [4.78, 5) is 6.40. The second-order valence-corrected chi connectivity index (χ2v) is 7.33. The molecular weight excluding hydrogens is 256 g/mol. The second-order valence-electron chi connectivity index (χ2n) is 6.25. The molecule has 1 aromatic rings. The third-order valence-electron chi connectivity index (χ3n) is 3.97. The fraction of sp³-hybridized carbons (Fsp3) is 0.800. The van der Waals surface area contributed by atoms with Gasteiger partial charge in [0.05, 0.1) is 16.8 Å². The number of thiazole rings is 1. The molecule has 1 aliphatic carbocycles. The number of methoxy groups -OCH3 is 1. The van der Waals surface area contributed by atoms with Crippen LogP contribution in [0.1, 0.15) is 56.1 Å². The van der Waals surface area contributed by atoms with E-state index in [1.807, 2.05) is 11.3 Å². The van der Waals surface area contributed by atoms with Gasteiger partial charge in [-0.1, -0.05) is 6.92 Å². The maximum Gasteiger partial charge on any atom is 0.113 e. The van der Waals surface area contributed by atoms with Gasteiger partial charge in [0.15, 0.2) is 0 Å². The van der Waals surface area contributed by atoms with E-state index < -0.39 is 0 Å². The quantitative estimate of drug-likeness (QED) is 0.869. The van der Waals surface area contributed by atoms with Crippen LogP contribution in [-0.2, 0) is 23.1 Å². The Morgan fingerprint density at radius 1 is 1.32 bits per heavy atom. The normalized spacial score (nSPS) is 18.4. The number of fused-ring (bicyclic) bond motifs is 1. The van der Waals surface area contributed by atoms with E-state index in [9.17, 15) is 0 Å². The Morgan fingerprint density at radius 2 is 2.05 bits per heavy atom. The molecule has 1 heterocycles. The van der Waals surface area contributed by atoms with Gasteiger partial charge in [0, 0.05) is 18.4 Å². The zero-order chi connectivity index (χ0) is 14.1. The maximum absolute atomic E-state index is 5.62. The molecule has 1 aromatic heterocycles. The standard InChI is InChI=1S/C15H26N2OS/c1-6-16-15(4,10-14(2,3)18-5)13-17-11-8-7-9-12(11)19-13/h16H,6-10H2,1-5H3. The number of rotatable bonds is 6. The third kappa shape index (κ3) is 3.18. The van der Waals surface area contributed by atoms with Crippen LogP contribution in [0.3, 0.4) is 0 Å². The Morgan fingerprint density at radius 3 is 2.63 bits per heavy atom. The fourth-order valence-electron chi connectivity index (χ4n) is 2.95. The van der Waals surface area contributed by atoms with Crippen LogP contribution >= 0.6 is 11.3 Å². The molecule has 0 radical (unpaired) electrons. The lowest BCUT2D eigenvalue weighted by Crippen LogP contribution is -2.45. The predicted molar refractivity (Wildman–Crippen MR) is 80.9 cm³/mol. The smallest absolute Gasteiger partial charge is 0.113 e. The minimum absolute atomic E-state index is 0.0940. The molecule has 0 saturated carbocycles. The molecule has 1 aliphatic rings. The summed E-state index contributed by atoms with van der Waals surface area (Å²) in [5.74, 6) is 0. The molecule has 0 fully saturated rings. The monoisotopic (exact) mass is 282 g/mol. The maximum atomic E-state index is 5.62. The van der Waals surface area contributed by atoms with E-state index in [1.54, 1.807) is 7.11 Å². The van der Waals surface area contributed by atoms with Gasteiger partial charge >= 0.3 is 0 Å². The molecule has 3 nitrogen and oxygen atoms in total. The molecule has 0 aliphatic heterocycles. The molecule has 19 heavy (non-hydrogen) atoms. The Hall–Kier alpha value is -0.450. The van der Waals surface area contributed by atoms with E-state index in [0.29, 0.717) is 0 Å². The van der Waals surface area contributed by atoms with Crippen molar-refractivity contribution in [2.45, 2.75) is 64.5 Å². The largest absolute Gasteiger partial charge is 0.379 e. The molecular formula is C15H26N2OS. The lowest BCUT2D eigenvalue weighted by Gasteiger charge is -2.36. The average Bonchev–Trinajstić information content (AvgIpc) is 2.88. The molecule has 0 saturated heterocycles. The molecule has 0 amide bonds. The zero-order valence-electron chi connectivity index (χ0n) is 12.8. The van der Waals surface area contributed by atoms with Crippen LogP contribution in [0.5, 0.6) is 0 Å². The number of hydrogen-bond donors (Lipinski definition) is 1. The van der Waals surface area contributed by atoms with Gasteiger partial charge in [-0.3, -0.25) is 0 Å². The summed E-state index contributed by atoms with van der Waals surface area (Å²) in [6.07, 6.45) is 4.57. The zero-order valence-corrected chi connectivity index (χ0v) is 13.6. The number of nitrogens with one attached hydrogen (secondary N) is 1. The second kappa shape index (κ2) is 5.51. The van der Waals surface area contributed by atoms with Gasteiger partial charge in [-0.25, -0.2) is 4.98 Å². The van der Waals surface area contributed by atoms with Crippen molar-refractivity contribution in [2.75, 3.05) is 13.7 Å². The number of aryl methyl sites for hydroxylation is 2. The van der Waals surface area contributed by atoms with Gasteiger partial charge in [-0.05, 0) is 46.6 Å². The van der Waals surface area contributed by atoms with Crippen molar-refractivity contribution >= 4 is 11.3 Å². The summed E-state index contributed by atoms with van der Waals surface area (Å²) in [5.41, 5.74) is 1.09. The SMILES string of the molecule is CCNC(C)(CC(C)(C)OC)c1nc2c(s1)CCC2. The Kier molecular flexibility index (Phi) is 4.33. The summed E-state index contributed by atoms with van der Waals surface area (Å²) >= 11 is 1.89. The van der Waals surface area contributed by atoms with Crippen molar-refractivity contribution in [2.24, 2.45) is 0 Å². The first kappa shape index (κ1) is 14.9. The van der Waals surface area contributed by atoms with Gasteiger partial charge in [-0.15, -0.1) is 11.3 Å². The molecule has 1 N–H and O–H groups in total. The lowest BCUT2D eigenvalue weighted by atomic mass is 9.88.